The first kappa shape index (κ1) is 15.7. The van der Waals surface area contributed by atoms with Gasteiger partial charge in [-0.3, -0.25) is 4.79 Å². The number of carbonyl (C=O) groups is 1. The molecule has 0 unspecified atom stereocenters. The van der Waals surface area contributed by atoms with Crippen LogP contribution in [0.15, 0.2) is 16.5 Å². The molecule has 128 valence electrons. The van der Waals surface area contributed by atoms with E-state index in [1.807, 2.05) is 6.07 Å². The van der Waals surface area contributed by atoms with Crippen LogP contribution in [0.1, 0.15) is 48.7 Å². The highest BCUT2D eigenvalue weighted by molar-refractivity contribution is 5.94. The van der Waals surface area contributed by atoms with E-state index in [9.17, 15) is 4.79 Å². The van der Waals surface area contributed by atoms with E-state index in [4.69, 9.17) is 18.6 Å². The third-order valence-electron chi connectivity index (χ3n) is 5.41. The molecule has 4 rings (SSSR count). The van der Waals surface area contributed by atoms with Crippen LogP contribution in [0.4, 0.5) is 0 Å². The average Bonchev–Trinajstić information content (AvgIpc) is 2.99. The van der Waals surface area contributed by atoms with E-state index < -0.39 is 0 Å². The zero-order valence-corrected chi connectivity index (χ0v) is 14.3. The Balaban J connectivity index is 1.92. The fourth-order valence-corrected chi connectivity index (χ4v) is 4.35. The Labute approximate surface area is 140 Å². The van der Waals surface area contributed by atoms with Gasteiger partial charge < -0.3 is 18.6 Å². The lowest BCUT2D eigenvalue weighted by Gasteiger charge is -2.35. The molecule has 2 aliphatic rings. The lowest BCUT2D eigenvalue weighted by Crippen LogP contribution is -2.30. The van der Waals surface area contributed by atoms with Crippen molar-refractivity contribution in [1.82, 2.24) is 0 Å². The van der Waals surface area contributed by atoms with Gasteiger partial charge in [-0.25, -0.2) is 0 Å². The van der Waals surface area contributed by atoms with Crippen molar-refractivity contribution in [3.8, 4) is 5.75 Å². The minimum atomic E-state index is -0.133. The smallest absolute Gasteiger partial charge is 0.176 e. The van der Waals surface area contributed by atoms with Crippen LogP contribution in [0.2, 0.25) is 0 Å². The summed E-state index contributed by atoms with van der Waals surface area (Å²) in [6, 6.07) is 3.98. The van der Waals surface area contributed by atoms with Gasteiger partial charge >= 0.3 is 0 Å². The Morgan fingerprint density at radius 1 is 1.29 bits per heavy atom. The van der Waals surface area contributed by atoms with E-state index in [2.05, 4.69) is 6.07 Å². The quantitative estimate of drug-likeness (QED) is 0.782. The number of rotatable bonds is 5. The number of hydrogen-bond acceptors (Lipinski definition) is 5. The summed E-state index contributed by atoms with van der Waals surface area (Å²) in [5.41, 5.74) is 3.09. The first-order valence-corrected chi connectivity index (χ1v) is 8.38. The second-order valence-electron chi connectivity index (χ2n) is 6.68. The lowest BCUT2D eigenvalue weighted by molar-refractivity contribution is -0.122. The van der Waals surface area contributed by atoms with Crippen molar-refractivity contribution < 1.29 is 23.4 Å². The number of ether oxygens (including phenoxy) is 3. The van der Waals surface area contributed by atoms with Crippen LogP contribution in [-0.2, 0) is 20.7 Å². The van der Waals surface area contributed by atoms with Gasteiger partial charge in [0.2, 0.25) is 0 Å². The minimum absolute atomic E-state index is 0.0221. The van der Waals surface area contributed by atoms with Crippen molar-refractivity contribution in [2.75, 3.05) is 21.0 Å². The number of hydrogen-bond donors (Lipinski definition) is 0. The zero-order valence-electron chi connectivity index (χ0n) is 14.3. The summed E-state index contributed by atoms with van der Waals surface area (Å²) in [6.45, 7) is 1.93. The fourth-order valence-electron chi connectivity index (χ4n) is 4.35. The summed E-state index contributed by atoms with van der Waals surface area (Å²) in [4.78, 5) is 12.2. The number of Topliss-reactive ketones (excluding diaryl/α,β-unsaturated/α-hetero) is 1. The van der Waals surface area contributed by atoms with Crippen molar-refractivity contribution in [2.45, 2.75) is 38.2 Å². The molecule has 2 aliphatic carbocycles. The maximum Gasteiger partial charge on any atom is 0.176 e. The van der Waals surface area contributed by atoms with Crippen molar-refractivity contribution in [3.63, 3.8) is 0 Å². The number of carbonyl (C=O) groups excluding carboxylic acids is 1. The van der Waals surface area contributed by atoms with Gasteiger partial charge in [-0.2, -0.15) is 0 Å². The molecule has 0 aliphatic heterocycles. The normalized spacial score (nSPS) is 25.0. The Hall–Kier alpha value is -1.85. The first-order chi connectivity index (χ1) is 11.7. The van der Waals surface area contributed by atoms with Gasteiger partial charge in [0.25, 0.3) is 0 Å². The van der Waals surface area contributed by atoms with E-state index in [0.717, 1.165) is 47.3 Å². The fraction of sp³-hybridized carbons (Fsp3) is 0.526. The second kappa shape index (κ2) is 5.90. The average molecular weight is 330 g/mol. The molecule has 3 atom stereocenters. The Morgan fingerprint density at radius 2 is 2.12 bits per heavy atom. The SMILES string of the molecule is COCO[C@H]1CC[C@H]2c3c1oc1c(OC)ccc(c31)C[C@@H]2C(C)=O. The highest BCUT2D eigenvalue weighted by Crippen LogP contribution is 2.53. The van der Waals surface area contributed by atoms with Gasteiger partial charge in [0.15, 0.2) is 11.3 Å². The van der Waals surface area contributed by atoms with Crippen LogP contribution in [0.5, 0.6) is 5.75 Å². The molecule has 0 radical (unpaired) electrons. The summed E-state index contributed by atoms with van der Waals surface area (Å²) in [6.07, 6.45) is 2.40. The maximum atomic E-state index is 12.2. The minimum Gasteiger partial charge on any atom is -0.493 e. The van der Waals surface area contributed by atoms with Crippen molar-refractivity contribution in [2.24, 2.45) is 5.92 Å². The summed E-state index contributed by atoms with van der Waals surface area (Å²) in [5, 5.41) is 1.12. The van der Waals surface area contributed by atoms with E-state index in [1.165, 1.54) is 5.56 Å². The summed E-state index contributed by atoms with van der Waals surface area (Å²) in [5.74, 6) is 2.05. The number of furan rings is 1. The largest absolute Gasteiger partial charge is 0.493 e. The molecule has 2 aromatic rings. The van der Waals surface area contributed by atoms with E-state index >= 15 is 0 Å². The molecule has 0 amide bonds. The molecule has 1 aromatic heterocycles. The van der Waals surface area contributed by atoms with Crippen LogP contribution < -0.4 is 4.74 Å². The molecule has 5 heteroatoms. The molecule has 1 heterocycles. The molecule has 0 saturated carbocycles. The van der Waals surface area contributed by atoms with Crippen LogP contribution in [0.25, 0.3) is 11.0 Å². The zero-order chi connectivity index (χ0) is 16.8. The highest BCUT2D eigenvalue weighted by Gasteiger charge is 2.43. The molecule has 0 bridgehead atoms. The lowest BCUT2D eigenvalue weighted by atomic mass is 9.69. The van der Waals surface area contributed by atoms with Gasteiger partial charge in [-0.05, 0) is 43.7 Å². The summed E-state index contributed by atoms with van der Waals surface area (Å²) < 4.78 is 22.6. The summed E-state index contributed by atoms with van der Waals surface area (Å²) >= 11 is 0. The van der Waals surface area contributed by atoms with Crippen molar-refractivity contribution in [3.05, 3.63) is 29.0 Å². The molecule has 0 N–H and O–H groups in total. The van der Waals surface area contributed by atoms with Crippen LogP contribution in [0.3, 0.4) is 0 Å². The monoisotopic (exact) mass is 330 g/mol. The van der Waals surface area contributed by atoms with Crippen LogP contribution >= 0.6 is 0 Å². The third-order valence-corrected chi connectivity index (χ3v) is 5.41. The molecule has 0 fully saturated rings. The van der Waals surface area contributed by atoms with Gasteiger partial charge in [-0.1, -0.05) is 6.07 Å². The predicted molar refractivity (Wildman–Crippen MR) is 88.3 cm³/mol. The highest BCUT2D eigenvalue weighted by atomic mass is 16.7. The molecular formula is C19H22O5. The van der Waals surface area contributed by atoms with E-state index in [0.29, 0.717) is 0 Å². The first-order valence-electron chi connectivity index (χ1n) is 8.38. The van der Waals surface area contributed by atoms with E-state index in [-0.39, 0.29) is 30.5 Å². The number of methoxy groups -OCH3 is 2. The second-order valence-corrected chi connectivity index (χ2v) is 6.68. The summed E-state index contributed by atoms with van der Waals surface area (Å²) in [7, 11) is 3.26. The molecule has 0 spiro atoms. The van der Waals surface area contributed by atoms with Gasteiger partial charge in [0.1, 0.15) is 24.4 Å². The molecule has 1 aromatic carbocycles. The molecular weight excluding hydrogens is 308 g/mol. The van der Waals surface area contributed by atoms with Crippen LogP contribution in [0, 0.1) is 5.92 Å². The predicted octanol–water partition coefficient (Wildman–Crippen LogP) is 3.74. The molecule has 24 heavy (non-hydrogen) atoms. The Kier molecular flexibility index (Phi) is 3.85. The van der Waals surface area contributed by atoms with Crippen LogP contribution in [-0.4, -0.2) is 26.8 Å². The molecule has 0 saturated heterocycles. The number of ketones is 1. The molecule has 5 nitrogen and oxygen atoms in total. The third kappa shape index (κ3) is 2.19. The standard InChI is InChI=1S/C19H22O5/c1-10(20)13-8-11-4-6-14(22-3)18-16(11)17-12(13)5-7-15(19(17)24-18)23-9-21-2/h4,6,12-13,15H,5,7-9H2,1-3H3/t12-,13-,15+/m1/s1. The van der Waals surface area contributed by atoms with Crippen molar-refractivity contribution >= 4 is 16.8 Å². The number of benzene rings is 1. The Morgan fingerprint density at radius 3 is 2.83 bits per heavy atom. The maximum absolute atomic E-state index is 12.2. The Bertz CT molecular complexity index is 791. The van der Waals surface area contributed by atoms with Gasteiger partial charge in [0, 0.05) is 24.0 Å². The van der Waals surface area contributed by atoms with Crippen molar-refractivity contribution in [1.29, 1.82) is 0 Å². The van der Waals surface area contributed by atoms with Gasteiger partial charge in [-0.15, -0.1) is 0 Å². The van der Waals surface area contributed by atoms with E-state index in [1.54, 1.807) is 21.1 Å². The van der Waals surface area contributed by atoms with Gasteiger partial charge in [0.05, 0.1) is 7.11 Å². The topological polar surface area (TPSA) is 57.9 Å².